The smallest absolute Gasteiger partial charge is 0.224 e. The summed E-state index contributed by atoms with van der Waals surface area (Å²) in [6, 6.07) is 8.01. The van der Waals surface area contributed by atoms with Crippen LogP contribution in [0.3, 0.4) is 0 Å². The molecule has 1 aromatic carbocycles. The molecule has 0 aliphatic rings. The number of anilines is 3. The first-order valence-electron chi connectivity index (χ1n) is 6.10. The van der Waals surface area contributed by atoms with Gasteiger partial charge in [-0.1, -0.05) is 18.2 Å². The monoisotopic (exact) mass is 258 g/mol. The summed E-state index contributed by atoms with van der Waals surface area (Å²) < 4.78 is 5.20. The average molecular weight is 258 g/mol. The Kier molecular flexibility index (Phi) is 4.30. The van der Waals surface area contributed by atoms with Gasteiger partial charge in [-0.2, -0.15) is 4.98 Å². The molecule has 1 aromatic heterocycles. The lowest BCUT2D eigenvalue weighted by atomic mass is 10.2. The fraction of sp³-hybridized carbons (Fsp3) is 0.286. The lowest BCUT2D eigenvalue weighted by molar-refractivity contribution is 0.185. The third-order valence-corrected chi connectivity index (χ3v) is 2.77. The zero-order valence-electron chi connectivity index (χ0n) is 11.4. The van der Waals surface area contributed by atoms with Gasteiger partial charge in [-0.3, -0.25) is 0 Å². The summed E-state index contributed by atoms with van der Waals surface area (Å²) in [7, 11) is 3.49. The van der Waals surface area contributed by atoms with Crippen molar-refractivity contribution < 1.29 is 4.74 Å². The summed E-state index contributed by atoms with van der Waals surface area (Å²) in [6.45, 7) is 2.53. The highest BCUT2D eigenvalue weighted by atomic mass is 16.5. The summed E-state index contributed by atoms with van der Waals surface area (Å²) in [4.78, 5) is 8.58. The fourth-order valence-electron chi connectivity index (χ4n) is 1.74. The molecule has 1 heterocycles. The van der Waals surface area contributed by atoms with Crippen LogP contribution < -0.4 is 10.6 Å². The maximum Gasteiger partial charge on any atom is 0.224 e. The van der Waals surface area contributed by atoms with Gasteiger partial charge in [-0.15, -0.1) is 0 Å². The van der Waals surface area contributed by atoms with Gasteiger partial charge in [-0.25, -0.2) is 4.98 Å². The molecule has 0 atom stereocenters. The van der Waals surface area contributed by atoms with Crippen LogP contribution in [0.15, 0.2) is 30.5 Å². The van der Waals surface area contributed by atoms with Crippen LogP contribution in [0.1, 0.15) is 11.1 Å². The molecule has 0 aliphatic heterocycles. The first-order chi connectivity index (χ1) is 9.24. The van der Waals surface area contributed by atoms with Gasteiger partial charge in [0.2, 0.25) is 5.95 Å². The minimum absolute atomic E-state index is 0.562. The highest BCUT2D eigenvalue weighted by molar-refractivity contribution is 5.63. The largest absolute Gasteiger partial charge is 0.380 e. The molecular weight excluding hydrogens is 240 g/mol. The molecule has 0 radical (unpaired) electrons. The van der Waals surface area contributed by atoms with Gasteiger partial charge >= 0.3 is 0 Å². The molecule has 100 valence electrons. The Morgan fingerprint density at radius 2 is 2.05 bits per heavy atom. The highest BCUT2D eigenvalue weighted by Gasteiger charge is 2.06. The summed E-state index contributed by atoms with van der Waals surface area (Å²) in [5.74, 6) is 1.39. The number of rotatable bonds is 5. The Labute approximate surface area is 113 Å². The van der Waals surface area contributed by atoms with E-state index in [0.29, 0.717) is 12.6 Å². The van der Waals surface area contributed by atoms with E-state index in [1.165, 1.54) is 0 Å². The first-order valence-corrected chi connectivity index (χ1v) is 6.10. The number of hydrogen-bond donors (Lipinski definition) is 2. The third-order valence-electron chi connectivity index (χ3n) is 2.77. The number of aryl methyl sites for hydroxylation is 1. The van der Waals surface area contributed by atoms with Crippen LogP contribution in [-0.2, 0) is 11.3 Å². The van der Waals surface area contributed by atoms with Crippen LogP contribution >= 0.6 is 0 Å². The van der Waals surface area contributed by atoms with Crippen molar-refractivity contribution in [3.05, 3.63) is 41.6 Å². The fourth-order valence-corrected chi connectivity index (χ4v) is 1.74. The van der Waals surface area contributed by atoms with E-state index in [2.05, 4.69) is 20.6 Å². The molecule has 5 nitrogen and oxygen atoms in total. The molecule has 2 N–H and O–H groups in total. The van der Waals surface area contributed by atoms with E-state index >= 15 is 0 Å². The Morgan fingerprint density at radius 3 is 2.79 bits per heavy atom. The normalized spacial score (nSPS) is 10.3. The number of benzene rings is 1. The second kappa shape index (κ2) is 6.15. The topological polar surface area (TPSA) is 59.1 Å². The zero-order valence-corrected chi connectivity index (χ0v) is 11.4. The van der Waals surface area contributed by atoms with Crippen molar-refractivity contribution in [2.45, 2.75) is 13.5 Å². The van der Waals surface area contributed by atoms with Crippen molar-refractivity contribution in [2.75, 3.05) is 24.8 Å². The van der Waals surface area contributed by atoms with E-state index in [9.17, 15) is 0 Å². The molecular formula is C14H18N4O. The molecule has 0 spiro atoms. The van der Waals surface area contributed by atoms with E-state index in [4.69, 9.17) is 4.74 Å². The minimum atomic E-state index is 0.562. The second-order valence-corrected chi connectivity index (χ2v) is 4.19. The summed E-state index contributed by atoms with van der Waals surface area (Å²) >= 11 is 0. The predicted octanol–water partition coefficient (Wildman–Crippen LogP) is 2.72. The molecule has 2 aromatic rings. The Balaban J connectivity index is 2.30. The number of para-hydroxylation sites is 1. The number of nitrogens with zero attached hydrogens (tertiary/aromatic N) is 2. The Bertz CT molecular complexity index is 557. The van der Waals surface area contributed by atoms with E-state index in [0.717, 1.165) is 22.6 Å². The van der Waals surface area contributed by atoms with Gasteiger partial charge in [0.05, 0.1) is 6.61 Å². The number of aromatic nitrogens is 2. The summed E-state index contributed by atoms with van der Waals surface area (Å²) in [6.07, 6.45) is 1.79. The van der Waals surface area contributed by atoms with E-state index in [1.807, 2.05) is 31.2 Å². The van der Waals surface area contributed by atoms with Crippen molar-refractivity contribution in [1.82, 2.24) is 9.97 Å². The summed E-state index contributed by atoms with van der Waals surface area (Å²) in [5.41, 5.74) is 3.08. The summed E-state index contributed by atoms with van der Waals surface area (Å²) in [5, 5.41) is 6.26. The van der Waals surface area contributed by atoms with E-state index in [-0.39, 0.29) is 0 Å². The lowest BCUT2D eigenvalue weighted by Crippen LogP contribution is -2.04. The average Bonchev–Trinajstić information content (AvgIpc) is 2.43. The molecule has 0 fully saturated rings. The quantitative estimate of drug-likeness (QED) is 0.863. The Hall–Kier alpha value is -2.14. The van der Waals surface area contributed by atoms with Crippen molar-refractivity contribution in [3.8, 4) is 0 Å². The number of methoxy groups -OCH3 is 1. The second-order valence-electron chi connectivity index (χ2n) is 4.19. The predicted molar refractivity (Wildman–Crippen MR) is 76.8 cm³/mol. The lowest BCUT2D eigenvalue weighted by Gasteiger charge is -2.13. The van der Waals surface area contributed by atoms with Gasteiger partial charge in [0.15, 0.2) is 0 Å². The molecule has 0 saturated carbocycles. The maximum absolute atomic E-state index is 5.20. The van der Waals surface area contributed by atoms with Crippen LogP contribution in [0.25, 0.3) is 0 Å². The van der Waals surface area contributed by atoms with E-state index < -0.39 is 0 Å². The molecule has 0 amide bonds. The van der Waals surface area contributed by atoms with Crippen LogP contribution in [0.2, 0.25) is 0 Å². The van der Waals surface area contributed by atoms with Gasteiger partial charge in [0.1, 0.15) is 5.82 Å². The number of hydrogen-bond acceptors (Lipinski definition) is 5. The Morgan fingerprint density at radius 1 is 1.26 bits per heavy atom. The van der Waals surface area contributed by atoms with Gasteiger partial charge in [0, 0.05) is 37.2 Å². The zero-order chi connectivity index (χ0) is 13.7. The molecule has 0 unspecified atom stereocenters. The standard InChI is InChI=1S/C14H18N4O/c1-10-8-16-14(15-2)18-13(10)17-12-7-5-4-6-11(12)9-19-3/h4-8H,9H2,1-3H3,(H2,15,16,17,18). The molecule has 19 heavy (non-hydrogen) atoms. The molecule has 2 rings (SSSR count). The number of ether oxygens (including phenoxy) is 1. The highest BCUT2D eigenvalue weighted by Crippen LogP contribution is 2.22. The molecule has 0 aliphatic carbocycles. The molecule has 0 bridgehead atoms. The van der Waals surface area contributed by atoms with Crippen LogP contribution in [0.5, 0.6) is 0 Å². The van der Waals surface area contributed by atoms with Crippen LogP contribution in [0.4, 0.5) is 17.5 Å². The van der Waals surface area contributed by atoms with Crippen molar-refractivity contribution in [1.29, 1.82) is 0 Å². The van der Waals surface area contributed by atoms with Crippen molar-refractivity contribution in [2.24, 2.45) is 0 Å². The SMILES string of the molecule is CNc1ncc(C)c(Nc2ccccc2COC)n1. The van der Waals surface area contributed by atoms with Crippen molar-refractivity contribution in [3.63, 3.8) is 0 Å². The van der Waals surface area contributed by atoms with Gasteiger partial charge in [-0.05, 0) is 13.0 Å². The number of nitrogens with one attached hydrogen (secondary N) is 2. The first kappa shape index (κ1) is 13.3. The van der Waals surface area contributed by atoms with Gasteiger partial charge < -0.3 is 15.4 Å². The van der Waals surface area contributed by atoms with Crippen LogP contribution in [-0.4, -0.2) is 24.1 Å². The maximum atomic E-state index is 5.20. The van der Waals surface area contributed by atoms with Crippen molar-refractivity contribution >= 4 is 17.5 Å². The third kappa shape index (κ3) is 3.20. The molecule has 0 saturated heterocycles. The van der Waals surface area contributed by atoms with Gasteiger partial charge in [0.25, 0.3) is 0 Å². The minimum Gasteiger partial charge on any atom is -0.380 e. The van der Waals surface area contributed by atoms with Crippen LogP contribution in [0, 0.1) is 6.92 Å². The molecule has 5 heteroatoms. The van der Waals surface area contributed by atoms with E-state index in [1.54, 1.807) is 20.4 Å².